The zero-order valence-corrected chi connectivity index (χ0v) is 13.4. The number of piperazine rings is 1. The molecule has 0 bridgehead atoms. The van der Waals surface area contributed by atoms with Gasteiger partial charge in [0.2, 0.25) is 0 Å². The number of benzene rings is 1. The molecule has 114 valence electrons. The van der Waals surface area contributed by atoms with Gasteiger partial charge in [0.1, 0.15) is 5.15 Å². The van der Waals surface area contributed by atoms with Gasteiger partial charge in [-0.25, -0.2) is 4.98 Å². The van der Waals surface area contributed by atoms with Crippen LogP contribution in [0.2, 0.25) is 10.2 Å². The third-order valence-electron chi connectivity index (χ3n) is 3.71. The standard InChI is InChI=1S/C16H15Cl2N3O/c17-13-2-1-3-14(11-13)20-6-8-21(9-7-20)16(22)12-4-5-19-15(18)10-12/h1-5,10-11H,6-9H2. The highest BCUT2D eigenvalue weighted by Gasteiger charge is 2.22. The number of hydrogen-bond donors (Lipinski definition) is 0. The predicted octanol–water partition coefficient (Wildman–Crippen LogP) is 3.35. The van der Waals surface area contributed by atoms with E-state index in [0.29, 0.717) is 23.8 Å². The van der Waals surface area contributed by atoms with Gasteiger partial charge in [-0.1, -0.05) is 29.3 Å². The van der Waals surface area contributed by atoms with Crippen LogP contribution in [0, 0.1) is 0 Å². The number of anilines is 1. The quantitative estimate of drug-likeness (QED) is 0.789. The van der Waals surface area contributed by atoms with Crippen molar-refractivity contribution in [1.82, 2.24) is 9.88 Å². The van der Waals surface area contributed by atoms with E-state index in [1.807, 2.05) is 29.2 Å². The lowest BCUT2D eigenvalue weighted by atomic mass is 10.2. The van der Waals surface area contributed by atoms with E-state index in [-0.39, 0.29) is 5.91 Å². The fourth-order valence-electron chi connectivity index (χ4n) is 2.56. The summed E-state index contributed by atoms with van der Waals surface area (Å²) in [6.07, 6.45) is 1.55. The largest absolute Gasteiger partial charge is 0.368 e. The first-order chi connectivity index (χ1) is 10.6. The van der Waals surface area contributed by atoms with Crippen LogP contribution in [0.1, 0.15) is 10.4 Å². The maximum absolute atomic E-state index is 12.4. The van der Waals surface area contributed by atoms with Crippen molar-refractivity contribution in [3.63, 3.8) is 0 Å². The lowest BCUT2D eigenvalue weighted by Gasteiger charge is -2.36. The van der Waals surface area contributed by atoms with Crippen LogP contribution in [0.25, 0.3) is 0 Å². The first-order valence-electron chi connectivity index (χ1n) is 7.05. The summed E-state index contributed by atoms with van der Waals surface area (Å²) in [4.78, 5) is 20.4. The van der Waals surface area contributed by atoms with Gasteiger partial charge < -0.3 is 9.80 Å². The van der Waals surface area contributed by atoms with Crippen molar-refractivity contribution in [1.29, 1.82) is 0 Å². The molecule has 0 N–H and O–H groups in total. The molecule has 0 atom stereocenters. The molecule has 0 unspecified atom stereocenters. The number of carbonyl (C=O) groups is 1. The average Bonchev–Trinajstić information content (AvgIpc) is 2.54. The number of aromatic nitrogens is 1. The molecule has 0 aliphatic carbocycles. The second-order valence-corrected chi connectivity index (χ2v) is 5.95. The normalized spacial score (nSPS) is 15.0. The molecule has 1 saturated heterocycles. The number of nitrogens with zero attached hydrogens (tertiary/aromatic N) is 3. The highest BCUT2D eigenvalue weighted by molar-refractivity contribution is 6.30. The second kappa shape index (κ2) is 6.55. The lowest BCUT2D eigenvalue weighted by molar-refractivity contribution is 0.0746. The molecule has 1 aliphatic heterocycles. The van der Waals surface area contributed by atoms with Gasteiger partial charge in [0.25, 0.3) is 5.91 Å². The van der Waals surface area contributed by atoms with E-state index in [9.17, 15) is 4.79 Å². The van der Waals surface area contributed by atoms with Crippen LogP contribution >= 0.6 is 23.2 Å². The van der Waals surface area contributed by atoms with Gasteiger partial charge >= 0.3 is 0 Å². The minimum Gasteiger partial charge on any atom is -0.368 e. The SMILES string of the molecule is O=C(c1ccnc(Cl)c1)N1CCN(c2cccc(Cl)c2)CC1. The summed E-state index contributed by atoms with van der Waals surface area (Å²) in [6, 6.07) is 11.1. The molecule has 1 fully saturated rings. The zero-order chi connectivity index (χ0) is 15.5. The summed E-state index contributed by atoms with van der Waals surface area (Å²) in [7, 11) is 0. The molecule has 1 aromatic carbocycles. The Labute approximate surface area is 139 Å². The van der Waals surface area contributed by atoms with E-state index >= 15 is 0 Å². The van der Waals surface area contributed by atoms with Crippen LogP contribution in [0.15, 0.2) is 42.6 Å². The van der Waals surface area contributed by atoms with E-state index in [1.54, 1.807) is 18.3 Å². The third kappa shape index (κ3) is 3.34. The highest BCUT2D eigenvalue weighted by Crippen LogP contribution is 2.21. The number of pyridine rings is 1. The summed E-state index contributed by atoms with van der Waals surface area (Å²) in [6.45, 7) is 2.91. The Morgan fingerprint density at radius 2 is 1.82 bits per heavy atom. The number of amides is 1. The van der Waals surface area contributed by atoms with Gasteiger partial charge in [0.15, 0.2) is 0 Å². The first kappa shape index (κ1) is 15.1. The van der Waals surface area contributed by atoms with Crippen molar-refractivity contribution in [2.24, 2.45) is 0 Å². The Morgan fingerprint density at radius 3 is 2.50 bits per heavy atom. The van der Waals surface area contributed by atoms with Crippen molar-refractivity contribution >= 4 is 34.8 Å². The molecule has 2 heterocycles. The Morgan fingerprint density at radius 1 is 1.05 bits per heavy atom. The van der Waals surface area contributed by atoms with Gasteiger partial charge in [-0.05, 0) is 30.3 Å². The Kier molecular flexibility index (Phi) is 4.50. The zero-order valence-electron chi connectivity index (χ0n) is 11.9. The van der Waals surface area contributed by atoms with Crippen molar-refractivity contribution in [2.45, 2.75) is 0 Å². The topological polar surface area (TPSA) is 36.4 Å². The number of halogens is 2. The van der Waals surface area contributed by atoms with Crippen molar-refractivity contribution < 1.29 is 4.79 Å². The number of carbonyl (C=O) groups excluding carboxylic acids is 1. The van der Waals surface area contributed by atoms with Crippen molar-refractivity contribution in [2.75, 3.05) is 31.1 Å². The summed E-state index contributed by atoms with van der Waals surface area (Å²) in [5, 5.41) is 1.06. The summed E-state index contributed by atoms with van der Waals surface area (Å²) in [5.74, 6) is -0.00459. The fourth-order valence-corrected chi connectivity index (χ4v) is 2.92. The molecule has 4 nitrogen and oxygen atoms in total. The molecule has 22 heavy (non-hydrogen) atoms. The van der Waals surface area contributed by atoms with Crippen LogP contribution < -0.4 is 4.90 Å². The number of hydrogen-bond acceptors (Lipinski definition) is 3. The molecule has 1 amide bonds. The molecule has 3 rings (SSSR count). The first-order valence-corrected chi connectivity index (χ1v) is 7.80. The molecule has 1 aliphatic rings. The molecule has 0 radical (unpaired) electrons. The molecule has 6 heteroatoms. The van der Waals surface area contributed by atoms with E-state index in [1.165, 1.54) is 0 Å². The molecule has 0 saturated carbocycles. The van der Waals surface area contributed by atoms with Crippen LogP contribution in [0.3, 0.4) is 0 Å². The Balaban J connectivity index is 1.65. The van der Waals surface area contributed by atoms with Gasteiger partial charge in [-0.15, -0.1) is 0 Å². The van der Waals surface area contributed by atoms with Gasteiger partial charge in [-0.3, -0.25) is 4.79 Å². The minimum atomic E-state index is -0.00459. The maximum Gasteiger partial charge on any atom is 0.254 e. The smallest absolute Gasteiger partial charge is 0.254 e. The van der Waals surface area contributed by atoms with Crippen LogP contribution in [-0.2, 0) is 0 Å². The minimum absolute atomic E-state index is 0.00459. The van der Waals surface area contributed by atoms with Crippen LogP contribution in [0.4, 0.5) is 5.69 Å². The fraction of sp³-hybridized carbons (Fsp3) is 0.250. The van der Waals surface area contributed by atoms with E-state index in [4.69, 9.17) is 23.2 Å². The van der Waals surface area contributed by atoms with Gasteiger partial charge in [-0.2, -0.15) is 0 Å². The Hall–Kier alpha value is -1.78. The lowest BCUT2D eigenvalue weighted by Crippen LogP contribution is -2.48. The molecule has 0 spiro atoms. The predicted molar refractivity (Wildman–Crippen MR) is 88.8 cm³/mol. The van der Waals surface area contributed by atoms with Crippen molar-refractivity contribution in [3.8, 4) is 0 Å². The van der Waals surface area contributed by atoms with Gasteiger partial charge in [0.05, 0.1) is 0 Å². The average molecular weight is 336 g/mol. The summed E-state index contributed by atoms with van der Waals surface area (Å²) >= 11 is 11.9. The number of rotatable bonds is 2. The molecule has 1 aromatic heterocycles. The highest BCUT2D eigenvalue weighted by atomic mass is 35.5. The van der Waals surface area contributed by atoms with Crippen LogP contribution in [0.5, 0.6) is 0 Å². The Bertz CT molecular complexity index is 685. The monoisotopic (exact) mass is 335 g/mol. The van der Waals surface area contributed by atoms with E-state index < -0.39 is 0 Å². The van der Waals surface area contributed by atoms with Crippen LogP contribution in [-0.4, -0.2) is 42.0 Å². The van der Waals surface area contributed by atoms with E-state index in [2.05, 4.69) is 9.88 Å². The molecule has 2 aromatic rings. The third-order valence-corrected chi connectivity index (χ3v) is 4.16. The summed E-state index contributed by atoms with van der Waals surface area (Å²) < 4.78 is 0. The molecular formula is C16H15Cl2N3O. The summed E-state index contributed by atoms with van der Waals surface area (Å²) in [5.41, 5.74) is 1.67. The second-order valence-electron chi connectivity index (χ2n) is 5.13. The van der Waals surface area contributed by atoms with Crippen molar-refractivity contribution in [3.05, 3.63) is 58.3 Å². The molecular weight excluding hydrogens is 321 g/mol. The van der Waals surface area contributed by atoms with Gasteiger partial charge in [0, 0.05) is 48.6 Å². The maximum atomic E-state index is 12.4. The van der Waals surface area contributed by atoms with E-state index in [0.717, 1.165) is 23.8 Å².